The van der Waals surface area contributed by atoms with Gasteiger partial charge >= 0.3 is 12.0 Å². The molecule has 0 radical (unpaired) electrons. The summed E-state index contributed by atoms with van der Waals surface area (Å²) in [5, 5.41) is 15.2. The van der Waals surface area contributed by atoms with E-state index in [0.717, 1.165) is 17.7 Å². The van der Waals surface area contributed by atoms with Gasteiger partial charge in [0.15, 0.2) is 0 Å². The second-order valence-corrected chi connectivity index (χ2v) is 7.84. The highest BCUT2D eigenvalue weighted by Gasteiger charge is 2.36. The van der Waals surface area contributed by atoms with E-state index in [1.807, 2.05) is 6.92 Å². The Labute approximate surface area is 132 Å². The zero-order valence-electron chi connectivity index (χ0n) is 12.4. The number of carbonyl (C=O) groups excluding carboxylic acids is 1. The molecule has 3 N–H and O–H groups in total. The van der Waals surface area contributed by atoms with Crippen LogP contribution >= 0.6 is 23.1 Å². The number of thioether (sulfide) groups is 1. The third-order valence-corrected chi connectivity index (χ3v) is 6.64. The number of hydrogen-bond acceptors (Lipinski definition) is 4. The van der Waals surface area contributed by atoms with Crippen molar-refractivity contribution in [2.24, 2.45) is 0 Å². The van der Waals surface area contributed by atoms with Crippen LogP contribution in [0.3, 0.4) is 0 Å². The van der Waals surface area contributed by atoms with Crippen LogP contribution in [0, 0.1) is 13.8 Å². The Hall–Kier alpha value is -1.21. The Balaban J connectivity index is 2.00. The van der Waals surface area contributed by atoms with Crippen molar-refractivity contribution in [2.75, 3.05) is 18.1 Å². The third kappa shape index (κ3) is 3.35. The van der Waals surface area contributed by atoms with Crippen LogP contribution in [0.1, 0.15) is 40.1 Å². The zero-order chi connectivity index (χ0) is 15.6. The van der Waals surface area contributed by atoms with Crippen molar-refractivity contribution in [1.82, 2.24) is 5.32 Å². The van der Waals surface area contributed by atoms with E-state index in [0.29, 0.717) is 17.1 Å². The molecule has 1 aliphatic carbocycles. The molecule has 0 bridgehead atoms. The SMILES string of the molecule is CSC1(CNC(=O)Nc2sc(C)c(C)c2C(=O)O)CCC1. The summed E-state index contributed by atoms with van der Waals surface area (Å²) in [5.41, 5.74) is 0.901. The maximum absolute atomic E-state index is 12.0. The molecular weight excluding hydrogens is 308 g/mol. The number of aromatic carboxylic acids is 1. The highest BCUT2D eigenvalue weighted by molar-refractivity contribution is 8.00. The van der Waals surface area contributed by atoms with Gasteiger partial charge in [0.1, 0.15) is 5.00 Å². The highest BCUT2D eigenvalue weighted by atomic mass is 32.2. The number of aryl methyl sites for hydroxylation is 1. The van der Waals surface area contributed by atoms with Crippen LogP contribution in [0.2, 0.25) is 0 Å². The predicted molar refractivity (Wildman–Crippen MR) is 87.9 cm³/mol. The van der Waals surface area contributed by atoms with Gasteiger partial charge in [0.25, 0.3) is 0 Å². The fraction of sp³-hybridized carbons (Fsp3) is 0.571. The molecule has 0 atom stereocenters. The van der Waals surface area contributed by atoms with Gasteiger partial charge in [-0.15, -0.1) is 11.3 Å². The molecule has 2 rings (SSSR count). The molecule has 1 heterocycles. The third-order valence-electron chi connectivity index (χ3n) is 4.10. The number of thiophene rings is 1. The Morgan fingerprint density at radius 3 is 2.52 bits per heavy atom. The lowest BCUT2D eigenvalue weighted by atomic mass is 9.84. The van der Waals surface area contributed by atoms with Crippen LogP contribution in [0.4, 0.5) is 9.80 Å². The molecular formula is C14H20N2O3S2. The summed E-state index contributed by atoms with van der Waals surface area (Å²) in [6, 6.07) is -0.334. The number of anilines is 1. The van der Waals surface area contributed by atoms with E-state index in [1.54, 1.807) is 18.7 Å². The molecule has 1 aromatic heterocycles. The van der Waals surface area contributed by atoms with E-state index in [-0.39, 0.29) is 16.3 Å². The standard InChI is InChI=1S/C14H20N2O3S2/c1-8-9(2)21-11(10(8)12(17)18)16-13(19)15-7-14(20-3)5-4-6-14/h4-7H2,1-3H3,(H,17,18)(H2,15,16,19). The highest BCUT2D eigenvalue weighted by Crippen LogP contribution is 2.42. The van der Waals surface area contributed by atoms with Crippen molar-refractivity contribution in [3.8, 4) is 0 Å². The van der Waals surface area contributed by atoms with Gasteiger partial charge in [-0.1, -0.05) is 6.42 Å². The van der Waals surface area contributed by atoms with Crippen molar-refractivity contribution in [1.29, 1.82) is 0 Å². The van der Waals surface area contributed by atoms with Crippen molar-refractivity contribution in [3.05, 3.63) is 16.0 Å². The Morgan fingerprint density at radius 2 is 2.05 bits per heavy atom. The van der Waals surface area contributed by atoms with Crippen LogP contribution in [-0.2, 0) is 0 Å². The smallest absolute Gasteiger partial charge is 0.338 e. The molecule has 0 unspecified atom stereocenters. The van der Waals surface area contributed by atoms with Crippen molar-refractivity contribution < 1.29 is 14.7 Å². The van der Waals surface area contributed by atoms with E-state index in [9.17, 15) is 14.7 Å². The lowest BCUT2D eigenvalue weighted by molar-refractivity contribution is 0.0697. The second-order valence-electron chi connectivity index (χ2n) is 5.34. The first kappa shape index (κ1) is 16.2. The summed E-state index contributed by atoms with van der Waals surface area (Å²) < 4.78 is 0.161. The Bertz CT molecular complexity index is 559. The van der Waals surface area contributed by atoms with E-state index < -0.39 is 5.97 Å². The van der Waals surface area contributed by atoms with Gasteiger partial charge < -0.3 is 10.4 Å². The van der Waals surface area contributed by atoms with Crippen LogP contribution in [0.15, 0.2) is 0 Å². The average Bonchev–Trinajstić information content (AvgIpc) is 2.64. The molecule has 1 aromatic rings. The minimum absolute atomic E-state index is 0.161. The largest absolute Gasteiger partial charge is 0.478 e. The summed E-state index contributed by atoms with van der Waals surface area (Å²) >= 11 is 3.09. The van der Waals surface area contributed by atoms with Crippen molar-refractivity contribution in [2.45, 2.75) is 37.9 Å². The van der Waals surface area contributed by atoms with E-state index >= 15 is 0 Å². The lowest BCUT2D eigenvalue weighted by Crippen LogP contribution is -2.46. The van der Waals surface area contributed by atoms with Gasteiger partial charge in [0.05, 0.1) is 5.56 Å². The van der Waals surface area contributed by atoms with Gasteiger partial charge in [0, 0.05) is 16.2 Å². The van der Waals surface area contributed by atoms with Crippen molar-refractivity contribution >= 4 is 40.1 Å². The number of urea groups is 1. The van der Waals surface area contributed by atoms with Crippen LogP contribution in [0.25, 0.3) is 0 Å². The quantitative estimate of drug-likeness (QED) is 0.773. The van der Waals surface area contributed by atoms with Crippen molar-refractivity contribution in [3.63, 3.8) is 0 Å². The molecule has 5 nitrogen and oxygen atoms in total. The lowest BCUT2D eigenvalue weighted by Gasteiger charge is -2.40. The first-order valence-electron chi connectivity index (χ1n) is 6.82. The molecule has 2 amide bonds. The Morgan fingerprint density at radius 1 is 1.38 bits per heavy atom. The van der Waals surface area contributed by atoms with E-state index in [1.165, 1.54) is 17.8 Å². The van der Waals surface area contributed by atoms with Gasteiger partial charge in [-0.3, -0.25) is 5.32 Å². The van der Waals surface area contributed by atoms with Crippen LogP contribution in [-0.4, -0.2) is 34.7 Å². The molecule has 116 valence electrons. The summed E-state index contributed by atoms with van der Waals surface area (Å²) in [6.07, 6.45) is 5.50. The van der Waals surface area contributed by atoms with Gasteiger partial charge in [-0.25, -0.2) is 9.59 Å². The average molecular weight is 328 g/mol. The number of carboxylic acids is 1. The first-order valence-corrected chi connectivity index (χ1v) is 8.86. The molecule has 0 saturated heterocycles. The maximum Gasteiger partial charge on any atom is 0.338 e. The van der Waals surface area contributed by atoms with Gasteiger partial charge in [0.2, 0.25) is 0 Å². The second kappa shape index (κ2) is 6.27. The number of carbonyl (C=O) groups is 2. The molecule has 1 aliphatic rings. The fourth-order valence-corrected chi connectivity index (χ4v) is 4.35. The molecule has 7 heteroatoms. The fourth-order valence-electron chi connectivity index (χ4n) is 2.39. The number of amides is 2. The summed E-state index contributed by atoms with van der Waals surface area (Å²) in [4.78, 5) is 24.2. The van der Waals surface area contributed by atoms with Gasteiger partial charge in [-0.2, -0.15) is 11.8 Å². The molecule has 1 saturated carbocycles. The normalized spacial score (nSPS) is 16.1. The zero-order valence-corrected chi connectivity index (χ0v) is 14.0. The molecule has 0 aliphatic heterocycles. The maximum atomic E-state index is 12.0. The number of nitrogens with one attached hydrogen (secondary N) is 2. The minimum atomic E-state index is -1.01. The number of hydrogen-bond donors (Lipinski definition) is 3. The van der Waals surface area contributed by atoms with Crippen LogP contribution in [0.5, 0.6) is 0 Å². The van der Waals surface area contributed by atoms with Gasteiger partial charge in [-0.05, 0) is 38.5 Å². The summed E-state index contributed by atoms with van der Waals surface area (Å²) in [6.45, 7) is 4.23. The monoisotopic (exact) mass is 328 g/mol. The predicted octanol–water partition coefficient (Wildman–Crippen LogP) is 3.47. The minimum Gasteiger partial charge on any atom is -0.478 e. The van der Waals surface area contributed by atoms with E-state index in [2.05, 4.69) is 16.9 Å². The summed E-state index contributed by atoms with van der Waals surface area (Å²) in [7, 11) is 0. The molecule has 1 fully saturated rings. The molecule has 0 aromatic carbocycles. The number of rotatable bonds is 5. The summed E-state index contributed by atoms with van der Waals surface area (Å²) in [5.74, 6) is -1.01. The Kier molecular flexibility index (Phi) is 4.83. The molecule has 0 spiro atoms. The first-order chi connectivity index (χ1) is 9.88. The number of carboxylic acid groups (broad SMARTS) is 1. The van der Waals surface area contributed by atoms with Crippen LogP contribution < -0.4 is 10.6 Å². The molecule has 21 heavy (non-hydrogen) atoms. The topological polar surface area (TPSA) is 78.4 Å². The van der Waals surface area contributed by atoms with E-state index in [4.69, 9.17) is 0 Å².